The fraction of sp³-hybridized carbons (Fsp3) is 0.375. The molecule has 0 bridgehead atoms. The number of carboxylic acids is 1. The van der Waals surface area contributed by atoms with E-state index in [0.717, 1.165) is 5.56 Å². The van der Waals surface area contributed by atoms with Crippen molar-refractivity contribution in [2.24, 2.45) is 0 Å². The second-order valence-corrected chi connectivity index (χ2v) is 2.56. The number of aliphatic carboxylic acids is 1. The molecule has 2 N–H and O–H groups in total. The normalized spacial score (nSPS) is 12.8. The van der Waals surface area contributed by atoms with Crippen LogP contribution in [0.15, 0.2) is 16.7 Å². The Kier molecular flexibility index (Phi) is 2.50. The van der Waals surface area contributed by atoms with Gasteiger partial charge in [-0.3, -0.25) is 0 Å². The molecule has 4 nitrogen and oxygen atoms in total. The maximum Gasteiger partial charge on any atom is 0.332 e. The molecular weight excluding hydrogens is 160 g/mol. The lowest BCUT2D eigenvalue weighted by Crippen LogP contribution is -2.21. The topological polar surface area (TPSA) is 70.7 Å². The molecule has 0 aromatic carbocycles. The third-order valence-electron chi connectivity index (χ3n) is 1.66. The highest BCUT2D eigenvalue weighted by molar-refractivity contribution is 5.72. The number of carbonyl (C=O) groups is 1. The second-order valence-electron chi connectivity index (χ2n) is 2.56. The molecule has 1 rings (SSSR count). The predicted molar refractivity (Wildman–Crippen MR) is 40.8 cm³/mol. The van der Waals surface area contributed by atoms with Crippen LogP contribution in [0.5, 0.6) is 0 Å². The Morgan fingerprint density at radius 3 is 2.83 bits per heavy atom. The van der Waals surface area contributed by atoms with Gasteiger partial charge in [-0.05, 0) is 18.6 Å². The molecule has 0 aliphatic carbocycles. The molecule has 0 fully saturated rings. The van der Waals surface area contributed by atoms with Crippen LogP contribution in [-0.2, 0) is 11.2 Å². The number of aryl methyl sites for hydroxylation is 1. The molecule has 1 aromatic rings. The molecule has 4 heteroatoms. The van der Waals surface area contributed by atoms with Gasteiger partial charge in [0.15, 0.2) is 6.10 Å². The van der Waals surface area contributed by atoms with Gasteiger partial charge in [0.05, 0.1) is 6.26 Å². The summed E-state index contributed by atoms with van der Waals surface area (Å²) >= 11 is 0. The van der Waals surface area contributed by atoms with Crippen LogP contribution in [0.25, 0.3) is 0 Å². The summed E-state index contributed by atoms with van der Waals surface area (Å²) in [4.78, 5) is 10.3. The van der Waals surface area contributed by atoms with Crippen molar-refractivity contribution in [2.75, 3.05) is 0 Å². The van der Waals surface area contributed by atoms with E-state index in [1.807, 2.05) is 0 Å². The van der Waals surface area contributed by atoms with Crippen molar-refractivity contribution >= 4 is 5.97 Å². The Morgan fingerprint density at radius 2 is 2.42 bits per heavy atom. The van der Waals surface area contributed by atoms with Gasteiger partial charge in [0.2, 0.25) is 0 Å². The van der Waals surface area contributed by atoms with Gasteiger partial charge in [-0.2, -0.15) is 0 Å². The summed E-state index contributed by atoms with van der Waals surface area (Å²) in [6.07, 6.45) is 0.220. The molecular formula is C8H10O4. The second kappa shape index (κ2) is 3.40. The van der Waals surface area contributed by atoms with Crippen LogP contribution in [0.1, 0.15) is 11.3 Å². The summed E-state index contributed by atoms with van der Waals surface area (Å²) in [5.41, 5.74) is 0.727. The Bertz CT molecular complexity index is 276. The maximum atomic E-state index is 10.3. The van der Waals surface area contributed by atoms with E-state index >= 15 is 0 Å². The molecule has 0 radical (unpaired) electrons. The van der Waals surface area contributed by atoms with E-state index in [9.17, 15) is 4.79 Å². The van der Waals surface area contributed by atoms with Crippen LogP contribution < -0.4 is 0 Å². The van der Waals surface area contributed by atoms with Crippen LogP contribution in [0.3, 0.4) is 0 Å². The third-order valence-corrected chi connectivity index (χ3v) is 1.66. The van der Waals surface area contributed by atoms with Crippen LogP contribution in [0.2, 0.25) is 0 Å². The van der Waals surface area contributed by atoms with Crippen LogP contribution >= 0.6 is 0 Å². The largest absolute Gasteiger partial charge is 0.479 e. The van der Waals surface area contributed by atoms with E-state index in [1.54, 1.807) is 13.0 Å². The van der Waals surface area contributed by atoms with Crippen LogP contribution in [-0.4, -0.2) is 22.3 Å². The minimum absolute atomic E-state index is 0.0949. The average molecular weight is 170 g/mol. The van der Waals surface area contributed by atoms with Crippen molar-refractivity contribution in [3.05, 3.63) is 23.7 Å². The first-order chi connectivity index (χ1) is 5.61. The van der Waals surface area contributed by atoms with Crippen molar-refractivity contribution in [1.82, 2.24) is 0 Å². The van der Waals surface area contributed by atoms with Gasteiger partial charge < -0.3 is 14.6 Å². The predicted octanol–water partition coefficient (Wildman–Crippen LogP) is 0.576. The summed E-state index contributed by atoms with van der Waals surface area (Å²) in [6, 6.07) is 1.65. The monoisotopic (exact) mass is 170 g/mol. The standard InChI is InChI=1S/C8H10O4/c1-5-6(2-3-12-5)4-7(9)8(10)11/h2-3,7,9H,4H2,1H3,(H,10,11)/t7-/m0/s1. The van der Waals surface area contributed by atoms with Crippen LogP contribution in [0.4, 0.5) is 0 Å². The summed E-state index contributed by atoms with van der Waals surface area (Å²) in [6.45, 7) is 1.73. The first-order valence-electron chi connectivity index (χ1n) is 3.55. The lowest BCUT2D eigenvalue weighted by Gasteiger charge is -2.02. The average Bonchev–Trinajstić information content (AvgIpc) is 2.36. The lowest BCUT2D eigenvalue weighted by atomic mass is 10.1. The number of aliphatic hydroxyl groups is 1. The number of aliphatic hydroxyl groups excluding tert-OH is 1. The SMILES string of the molecule is Cc1occc1C[C@H](O)C(=O)O. The van der Waals surface area contributed by atoms with E-state index in [1.165, 1.54) is 6.26 Å². The summed E-state index contributed by atoms with van der Waals surface area (Å²) in [7, 11) is 0. The zero-order valence-electron chi connectivity index (χ0n) is 6.65. The molecule has 0 amide bonds. The van der Waals surface area contributed by atoms with E-state index in [2.05, 4.69) is 0 Å². The quantitative estimate of drug-likeness (QED) is 0.695. The Hall–Kier alpha value is -1.29. The number of rotatable bonds is 3. The fourth-order valence-electron chi connectivity index (χ4n) is 0.919. The van der Waals surface area contributed by atoms with Gasteiger partial charge in [-0.1, -0.05) is 0 Å². The Morgan fingerprint density at radius 1 is 1.75 bits per heavy atom. The minimum Gasteiger partial charge on any atom is -0.479 e. The molecule has 1 aromatic heterocycles. The summed E-state index contributed by atoms with van der Waals surface area (Å²) in [5.74, 6) is -0.564. The minimum atomic E-state index is -1.35. The summed E-state index contributed by atoms with van der Waals surface area (Å²) < 4.78 is 4.94. The van der Waals surface area contributed by atoms with Gasteiger partial charge in [-0.15, -0.1) is 0 Å². The van der Waals surface area contributed by atoms with Crippen molar-refractivity contribution in [3.8, 4) is 0 Å². The smallest absolute Gasteiger partial charge is 0.332 e. The molecule has 66 valence electrons. The maximum absolute atomic E-state index is 10.3. The van der Waals surface area contributed by atoms with E-state index in [0.29, 0.717) is 5.76 Å². The molecule has 1 heterocycles. The highest BCUT2D eigenvalue weighted by Gasteiger charge is 2.15. The number of furan rings is 1. The first-order valence-corrected chi connectivity index (χ1v) is 3.55. The highest BCUT2D eigenvalue weighted by Crippen LogP contribution is 2.11. The van der Waals surface area contributed by atoms with Crippen molar-refractivity contribution < 1.29 is 19.4 Å². The highest BCUT2D eigenvalue weighted by atomic mass is 16.4. The summed E-state index contributed by atoms with van der Waals surface area (Å²) in [5, 5.41) is 17.4. The number of hydrogen-bond donors (Lipinski definition) is 2. The van der Waals surface area contributed by atoms with Crippen molar-refractivity contribution in [2.45, 2.75) is 19.4 Å². The van der Waals surface area contributed by atoms with E-state index in [-0.39, 0.29) is 6.42 Å². The molecule has 12 heavy (non-hydrogen) atoms. The lowest BCUT2D eigenvalue weighted by molar-refractivity contribution is -0.146. The Balaban J connectivity index is 2.64. The van der Waals surface area contributed by atoms with Crippen molar-refractivity contribution in [1.29, 1.82) is 0 Å². The molecule has 0 aliphatic rings. The molecule has 0 saturated heterocycles. The van der Waals surface area contributed by atoms with Crippen LogP contribution in [0, 0.1) is 6.92 Å². The van der Waals surface area contributed by atoms with Gasteiger partial charge in [0.25, 0.3) is 0 Å². The zero-order valence-corrected chi connectivity index (χ0v) is 6.65. The van der Waals surface area contributed by atoms with Gasteiger partial charge in [-0.25, -0.2) is 4.79 Å². The molecule has 0 aliphatic heterocycles. The Labute approximate surface area is 69.4 Å². The molecule has 0 saturated carbocycles. The van der Waals surface area contributed by atoms with E-state index in [4.69, 9.17) is 14.6 Å². The first kappa shape index (κ1) is 8.80. The molecule has 0 unspecified atom stereocenters. The molecule has 0 spiro atoms. The van der Waals surface area contributed by atoms with E-state index < -0.39 is 12.1 Å². The number of hydrogen-bond acceptors (Lipinski definition) is 3. The zero-order chi connectivity index (χ0) is 9.14. The van der Waals surface area contributed by atoms with Crippen molar-refractivity contribution in [3.63, 3.8) is 0 Å². The van der Waals surface area contributed by atoms with Gasteiger partial charge in [0, 0.05) is 6.42 Å². The van der Waals surface area contributed by atoms with Gasteiger partial charge in [0.1, 0.15) is 5.76 Å². The number of carboxylic acid groups (broad SMARTS) is 1. The van der Waals surface area contributed by atoms with Gasteiger partial charge >= 0.3 is 5.97 Å². The fourth-order valence-corrected chi connectivity index (χ4v) is 0.919. The molecule has 1 atom stereocenters. The third kappa shape index (κ3) is 1.85.